The molecule has 1 atom stereocenters. The van der Waals surface area contributed by atoms with Crippen molar-refractivity contribution in [1.29, 1.82) is 0 Å². The molecule has 0 unspecified atom stereocenters. The van der Waals surface area contributed by atoms with E-state index in [-0.39, 0.29) is 12.5 Å². The second kappa shape index (κ2) is 9.12. The van der Waals surface area contributed by atoms with Crippen LogP contribution >= 0.6 is 34.5 Å². The summed E-state index contributed by atoms with van der Waals surface area (Å²) in [5.74, 6) is -0.351. The lowest BCUT2D eigenvalue weighted by molar-refractivity contribution is 0.0928. The van der Waals surface area contributed by atoms with Crippen LogP contribution in [0.3, 0.4) is 0 Å². The molecule has 9 heteroatoms. The fourth-order valence-electron chi connectivity index (χ4n) is 2.92. The highest BCUT2D eigenvalue weighted by Gasteiger charge is 2.29. The number of aliphatic hydroxyl groups excluding tert-OH is 1. The van der Waals surface area contributed by atoms with Gasteiger partial charge in [-0.25, -0.2) is 4.85 Å². The molecule has 2 aromatic rings. The molecule has 1 aromatic heterocycles. The molecule has 1 saturated heterocycles. The Labute approximate surface area is 177 Å². The van der Waals surface area contributed by atoms with Crippen LogP contribution in [0.4, 0.5) is 10.7 Å². The molecule has 6 nitrogen and oxygen atoms in total. The molecule has 2 heterocycles. The van der Waals surface area contributed by atoms with Crippen molar-refractivity contribution in [3.8, 4) is 11.1 Å². The summed E-state index contributed by atoms with van der Waals surface area (Å²) in [7, 11) is 0. The number of carbonyl (C=O) groups excluding carboxylic acids is 1. The first-order chi connectivity index (χ1) is 13.4. The maximum Gasteiger partial charge on any atom is 0.260 e. The minimum Gasteiger partial charge on any atom is -0.392 e. The van der Waals surface area contributed by atoms with Gasteiger partial charge in [0.25, 0.3) is 5.91 Å². The van der Waals surface area contributed by atoms with Crippen LogP contribution in [0.2, 0.25) is 10.0 Å². The largest absolute Gasteiger partial charge is 0.392 e. The molecule has 1 fully saturated rings. The topological polar surface area (TPSA) is 66.2 Å². The minimum atomic E-state index is -0.675. The number of halogens is 2. The summed E-state index contributed by atoms with van der Waals surface area (Å²) in [6.07, 6.45) is -0.675. The zero-order valence-electron chi connectivity index (χ0n) is 15.2. The van der Waals surface area contributed by atoms with Gasteiger partial charge in [0.05, 0.1) is 35.8 Å². The summed E-state index contributed by atoms with van der Waals surface area (Å²) in [5.41, 5.74) is 1.46. The second-order valence-electron chi connectivity index (χ2n) is 6.35. The summed E-state index contributed by atoms with van der Waals surface area (Å²) < 4.78 is 5.40. The van der Waals surface area contributed by atoms with Crippen molar-refractivity contribution in [2.24, 2.45) is 0 Å². The molecular weight excluding hydrogens is 421 g/mol. The van der Waals surface area contributed by atoms with E-state index in [2.05, 4.69) is 15.1 Å². The van der Waals surface area contributed by atoms with E-state index in [9.17, 15) is 9.90 Å². The maximum atomic E-state index is 12.9. The molecular formula is C19H19Cl2N3O3S. The van der Waals surface area contributed by atoms with Crippen molar-refractivity contribution in [1.82, 2.24) is 5.32 Å². The summed E-state index contributed by atoms with van der Waals surface area (Å²) in [6, 6.07) is 4.99. The highest BCUT2D eigenvalue weighted by molar-refractivity contribution is 7.19. The number of rotatable bonds is 5. The van der Waals surface area contributed by atoms with Gasteiger partial charge in [-0.3, -0.25) is 4.79 Å². The number of hydrogen-bond donors (Lipinski definition) is 2. The molecule has 1 aliphatic heterocycles. The molecule has 1 aliphatic rings. The predicted octanol–water partition coefficient (Wildman–Crippen LogP) is 4.22. The van der Waals surface area contributed by atoms with Gasteiger partial charge in [0.1, 0.15) is 0 Å². The predicted molar refractivity (Wildman–Crippen MR) is 113 cm³/mol. The van der Waals surface area contributed by atoms with Gasteiger partial charge in [0, 0.05) is 35.2 Å². The van der Waals surface area contributed by atoms with Gasteiger partial charge in [-0.15, -0.1) is 11.3 Å². The van der Waals surface area contributed by atoms with Crippen molar-refractivity contribution < 1.29 is 14.6 Å². The van der Waals surface area contributed by atoms with Crippen molar-refractivity contribution in [2.45, 2.75) is 13.0 Å². The zero-order valence-corrected chi connectivity index (χ0v) is 17.5. The summed E-state index contributed by atoms with van der Waals surface area (Å²) in [6.45, 7) is 11.9. The highest BCUT2D eigenvalue weighted by Crippen LogP contribution is 2.50. The molecule has 1 amide bonds. The van der Waals surface area contributed by atoms with E-state index >= 15 is 0 Å². The number of ether oxygens (including phenoxy) is 1. The maximum absolute atomic E-state index is 12.9. The van der Waals surface area contributed by atoms with Crippen LogP contribution in [0.15, 0.2) is 18.2 Å². The summed E-state index contributed by atoms with van der Waals surface area (Å²) in [5, 5.41) is 13.8. The lowest BCUT2D eigenvalue weighted by atomic mass is 10.0. The smallest absolute Gasteiger partial charge is 0.260 e. The van der Waals surface area contributed by atoms with E-state index in [1.54, 1.807) is 25.1 Å². The Morgan fingerprint density at radius 2 is 2.14 bits per heavy atom. The fraction of sp³-hybridized carbons (Fsp3) is 0.368. The lowest BCUT2D eigenvalue weighted by Crippen LogP contribution is -2.35. The van der Waals surface area contributed by atoms with Gasteiger partial charge in [-0.1, -0.05) is 29.3 Å². The van der Waals surface area contributed by atoms with Crippen molar-refractivity contribution >= 4 is 51.1 Å². The molecule has 0 aliphatic carbocycles. The highest BCUT2D eigenvalue weighted by atomic mass is 35.5. The van der Waals surface area contributed by atoms with E-state index in [0.29, 0.717) is 58.0 Å². The number of anilines is 1. The Balaban J connectivity index is 2.14. The van der Waals surface area contributed by atoms with Gasteiger partial charge < -0.3 is 20.1 Å². The number of nitrogens with zero attached hydrogens (tertiary/aromatic N) is 2. The number of benzene rings is 1. The third-order valence-corrected chi connectivity index (χ3v) is 6.03. The Morgan fingerprint density at radius 3 is 2.75 bits per heavy atom. The van der Waals surface area contributed by atoms with E-state index in [4.69, 9.17) is 34.5 Å². The number of aliphatic hydroxyl groups is 1. The zero-order chi connectivity index (χ0) is 20.3. The van der Waals surface area contributed by atoms with Gasteiger partial charge >= 0.3 is 0 Å². The number of hydrogen-bond acceptors (Lipinski definition) is 5. The Morgan fingerprint density at radius 1 is 1.43 bits per heavy atom. The van der Waals surface area contributed by atoms with Gasteiger partial charge in [0.2, 0.25) is 5.69 Å². The quantitative estimate of drug-likeness (QED) is 0.684. The van der Waals surface area contributed by atoms with E-state index in [1.165, 1.54) is 11.3 Å². The fourth-order valence-corrected chi connectivity index (χ4v) is 4.64. The Bertz CT molecular complexity index is 918. The number of morpholine rings is 1. The first kappa shape index (κ1) is 20.9. The number of nitrogens with one attached hydrogen (secondary N) is 1. The average molecular weight is 440 g/mol. The number of amides is 1. The molecule has 28 heavy (non-hydrogen) atoms. The molecule has 2 N–H and O–H groups in total. The van der Waals surface area contributed by atoms with Gasteiger partial charge in [-0.05, 0) is 24.6 Å². The van der Waals surface area contributed by atoms with E-state index < -0.39 is 6.10 Å². The van der Waals surface area contributed by atoms with E-state index in [0.717, 1.165) is 5.00 Å². The molecule has 3 rings (SSSR count). The Kier molecular flexibility index (Phi) is 6.81. The van der Waals surface area contributed by atoms with Crippen LogP contribution < -0.4 is 10.2 Å². The number of carbonyl (C=O) groups is 1. The molecule has 0 saturated carbocycles. The second-order valence-corrected chi connectivity index (χ2v) is 8.20. The van der Waals surface area contributed by atoms with Crippen molar-refractivity contribution in [2.75, 3.05) is 37.7 Å². The standard InChI is InChI=1S/C19H19Cl2N3O3S/c1-11(25)10-23-18(26)17-15(13-4-3-12(20)9-14(13)21)16(22-2)19(28-17)24-5-7-27-8-6-24/h3-4,9,11,25H,5-8,10H2,1H3,(H,23,26)/t11-/m1/s1. The normalized spacial score (nSPS) is 15.2. The summed E-state index contributed by atoms with van der Waals surface area (Å²) >= 11 is 13.7. The SMILES string of the molecule is [C-]#[N+]c1c(N2CCOCC2)sc(C(=O)NC[C@@H](C)O)c1-c1ccc(Cl)cc1Cl. The molecule has 0 spiro atoms. The molecule has 0 radical (unpaired) electrons. The van der Waals surface area contributed by atoms with Gasteiger partial charge in [0.15, 0.2) is 0 Å². The minimum absolute atomic E-state index is 0.116. The van der Waals surface area contributed by atoms with Crippen LogP contribution in [0.5, 0.6) is 0 Å². The monoisotopic (exact) mass is 439 g/mol. The first-order valence-electron chi connectivity index (χ1n) is 8.71. The van der Waals surface area contributed by atoms with Crippen molar-refractivity contribution in [3.05, 3.63) is 44.5 Å². The third kappa shape index (κ3) is 4.43. The van der Waals surface area contributed by atoms with Crippen LogP contribution in [-0.2, 0) is 4.74 Å². The molecule has 0 bridgehead atoms. The van der Waals surface area contributed by atoms with Crippen LogP contribution in [0.25, 0.3) is 16.0 Å². The number of thiophene rings is 1. The van der Waals surface area contributed by atoms with Crippen LogP contribution in [0.1, 0.15) is 16.6 Å². The first-order valence-corrected chi connectivity index (χ1v) is 10.3. The van der Waals surface area contributed by atoms with Crippen LogP contribution in [-0.4, -0.2) is 50.0 Å². The average Bonchev–Trinajstić information content (AvgIpc) is 3.06. The summed E-state index contributed by atoms with van der Waals surface area (Å²) in [4.78, 5) is 19.0. The lowest BCUT2D eigenvalue weighted by Gasteiger charge is -2.28. The van der Waals surface area contributed by atoms with E-state index in [1.807, 2.05) is 0 Å². The van der Waals surface area contributed by atoms with Crippen molar-refractivity contribution in [3.63, 3.8) is 0 Å². The Hall–Kier alpha value is -1.82. The van der Waals surface area contributed by atoms with Crippen LogP contribution in [0, 0.1) is 6.57 Å². The third-order valence-electron chi connectivity index (χ3n) is 4.24. The molecule has 1 aromatic carbocycles. The van der Waals surface area contributed by atoms with Gasteiger partial charge in [-0.2, -0.15) is 0 Å². The molecule has 148 valence electrons.